The first kappa shape index (κ1) is 15.5. The number of rotatable bonds is 3. The number of nitrogens with one attached hydrogen (secondary N) is 1. The van der Waals surface area contributed by atoms with Crippen LogP contribution >= 0.6 is 35.6 Å². The third kappa shape index (κ3) is 5.03. The molecule has 1 rings (SSSR count). The fraction of sp³-hybridized carbons (Fsp3) is 0.300. The summed E-state index contributed by atoms with van der Waals surface area (Å²) in [5, 5.41) is 3.55. The molecule has 0 heterocycles. The number of halogens is 3. The van der Waals surface area contributed by atoms with Crippen molar-refractivity contribution in [2.75, 3.05) is 5.32 Å². The topological polar surface area (TPSA) is 55.1 Å². The van der Waals surface area contributed by atoms with E-state index < -0.39 is 0 Å². The zero-order chi connectivity index (χ0) is 11.4. The summed E-state index contributed by atoms with van der Waals surface area (Å²) in [5.41, 5.74) is 6.11. The van der Waals surface area contributed by atoms with Crippen molar-refractivity contribution in [1.29, 1.82) is 0 Å². The normalized spacial score (nSPS) is 11.5. The van der Waals surface area contributed by atoms with E-state index in [9.17, 15) is 4.79 Å². The number of carbonyl (C=O) groups is 1. The van der Waals surface area contributed by atoms with E-state index in [4.69, 9.17) is 28.9 Å². The standard InChI is InChI=1S/C10H12Cl2N2O.ClH/c1-6(13)4-10(15)14-7-2-3-8(11)9(12)5-7;/h2-3,5-6H,4,13H2,1H3,(H,14,15);1H. The molecule has 0 aliphatic heterocycles. The lowest BCUT2D eigenvalue weighted by Gasteiger charge is -2.07. The van der Waals surface area contributed by atoms with Crippen LogP contribution < -0.4 is 11.1 Å². The van der Waals surface area contributed by atoms with E-state index in [2.05, 4.69) is 5.32 Å². The Bertz CT molecular complexity index is 369. The quantitative estimate of drug-likeness (QED) is 0.895. The van der Waals surface area contributed by atoms with Gasteiger partial charge in [0.15, 0.2) is 0 Å². The molecule has 0 aromatic heterocycles. The molecule has 3 nitrogen and oxygen atoms in total. The molecule has 0 radical (unpaired) electrons. The molecule has 0 bridgehead atoms. The molecule has 1 unspecified atom stereocenters. The highest BCUT2D eigenvalue weighted by atomic mass is 35.5. The minimum atomic E-state index is -0.159. The fourth-order valence-electron chi connectivity index (χ4n) is 1.08. The van der Waals surface area contributed by atoms with Crippen LogP contribution in [0.3, 0.4) is 0 Å². The predicted molar refractivity (Wildman–Crippen MR) is 70.6 cm³/mol. The Labute approximate surface area is 111 Å². The Kier molecular flexibility index (Phi) is 6.76. The third-order valence-electron chi connectivity index (χ3n) is 1.71. The van der Waals surface area contributed by atoms with E-state index >= 15 is 0 Å². The highest BCUT2D eigenvalue weighted by Crippen LogP contribution is 2.24. The molecular weight excluding hydrogens is 270 g/mol. The minimum absolute atomic E-state index is 0. The van der Waals surface area contributed by atoms with Gasteiger partial charge < -0.3 is 11.1 Å². The molecule has 0 saturated carbocycles. The molecule has 1 atom stereocenters. The van der Waals surface area contributed by atoms with Gasteiger partial charge in [0.2, 0.25) is 5.91 Å². The molecule has 1 aromatic carbocycles. The summed E-state index contributed by atoms with van der Waals surface area (Å²) < 4.78 is 0. The van der Waals surface area contributed by atoms with Crippen LogP contribution in [0.2, 0.25) is 10.0 Å². The van der Waals surface area contributed by atoms with Gasteiger partial charge in [-0.3, -0.25) is 4.79 Å². The lowest BCUT2D eigenvalue weighted by atomic mass is 10.2. The maximum absolute atomic E-state index is 11.4. The molecule has 16 heavy (non-hydrogen) atoms. The maximum atomic E-state index is 11.4. The molecule has 6 heteroatoms. The minimum Gasteiger partial charge on any atom is -0.327 e. The summed E-state index contributed by atoms with van der Waals surface area (Å²) in [6, 6.07) is 4.76. The first-order valence-corrected chi connectivity index (χ1v) is 5.25. The zero-order valence-electron chi connectivity index (χ0n) is 8.67. The van der Waals surface area contributed by atoms with Gasteiger partial charge in [0.25, 0.3) is 0 Å². The predicted octanol–water partition coefficient (Wildman–Crippen LogP) is 3.09. The maximum Gasteiger partial charge on any atom is 0.225 e. The van der Waals surface area contributed by atoms with Crippen LogP contribution in [-0.4, -0.2) is 11.9 Å². The van der Waals surface area contributed by atoms with Crippen LogP contribution in [0.25, 0.3) is 0 Å². The molecule has 0 saturated heterocycles. The van der Waals surface area contributed by atoms with Crippen molar-refractivity contribution < 1.29 is 4.79 Å². The van der Waals surface area contributed by atoms with Crippen molar-refractivity contribution in [3.05, 3.63) is 28.2 Å². The van der Waals surface area contributed by atoms with Crippen molar-refractivity contribution in [2.45, 2.75) is 19.4 Å². The molecular formula is C10H13Cl3N2O. The number of hydrogen-bond donors (Lipinski definition) is 2. The van der Waals surface area contributed by atoms with Crippen LogP contribution in [0, 0.1) is 0 Å². The van der Waals surface area contributed by atoms with E-state index in [1.165, 1.54) is 0 Å². The van der Waals surface area contributed by atoms with Crippen LogP contribution in [0.15, 0.2) is 18.2 Å². The monoisotopic (exact) mass is 282 g/mol. The summed E-state index contributed by atoms with van der Waals surface area (Å²) in [5.74, 6) is -0.136. The molecule has 1 aromatic rings. The van der Waals surface area contributed by atoms with Gasteiger partial charge in [-0.1, -0.05) is 23.2 Å². The second-order valence-corrected chi connectivity index (χ2v) is 4.17. The number of anilines is 1. The van der Waals surface area contributed by atoms with E-state index in [1.54, 1.807) is 25.1 Å². The highest BCUT2D eigenvalue weighted by Gasteiger charge is 2.06. The third-order valence-corrected chi connectivity index (χ3v) is 2.45. The van der Waals surface area contributed by atoms with Gasteiger partial charge in [-0.25, -0.2) is 0 Å². The van der Waals surface area contributed by atoms with Crippen LogP contribution in [0.4, 0.5) is 5.69 Å². The summed E-state index contributed by atoms with van der Waals surface area (Å²) in [6.45, 7) is 1.77. The van der Waals surface area contributed by atoms with Crippen molar-refractivity contribution >= 4 is 47.2 Å². The molecule has 0 fully saturated rings. The number of carbonyl (C=O) groups excluding carboxylic acids is 1. The Hall–Kier alpha value is -0.480. The number of nitrogens with two attached hydrogens (primary N) is 1. The highest BCUT2D eigenvalue weighted by molar-refractivity contribution is 6.42. The van der Waals surface area contributed by atoms with Gasteiger partial charge in [0, 0.05) is 18.2 Å². The van der Waals surface area contributed by atoms with Crippen LogP contribution in [-0.2, 0) is 4.79 Å². The van der Waals surface area contributed by atoms with Gasteiger partial charge in [0.1, 0.15) is 0 Å². The van der Waals surface area contributed by atoms with Gasteiger partial charge in [-0.15, -0.1) is 12.4 Å². The lowest BCUT2D eigenvalue weighted by molar-refractivity contribution is -0.116. The van der Waals surface area contributed by atoms with Gasteiger partial charge >= 0.3 is 0 Å². The summed E-state index contributed by atoms with van der Waals surface area (Å²) in [7, 11) is 0. The smallest absolute Gasteiger partial charge is 0.225 e. The van der Waals surface area contributed by atoms with Crippen molar-refractivity contribution in [3.63, 3.8) is 0 Å². The lowest BCUT2D eigenvalue weighted by Crippen LogP contribution is -2.23. The van der Waals surface area contributed by atoms with Gasteiger partial charge in [-0.2, -0.15) is 0 Å². The Balaban J connectivity index is 0.00000225. The van der Waals surface area contributed by atoms with Crippen LogP contribution in [0.5, 0.6) is 0 Å². The molecule has 0 aliphatic rings. The van der Waals surface area contributed by atoms with Gasteiger partial charge in [-0.05, 0) is 25.1 Å². The van der Waals surface area contributed by atoms with E-state index in [-0.39, 0.29) is 30.8 Å². The zero-order valence-corrected chi connectivity index (χ0v) is 11.0. The first-order chi connectivity index (χ1) is 6.99. The van der Waals surface area contributed by atoms with Crippen molar-refractivity contribution in [1.82, 2.24) is 0 Å². The van der Waals surface area contributed by atoms with E-state index in [1.807, 2.05) is 0 Å². The average Bonchev–Trinajstić information content (AvgIpc) is 2.10. The second-order valence-electron chi connectivity index (χ2n) is 3.36. The second kappa shape index (κ2) is 6.97. The Morgan fingerprint density at radius 2 is 2.06 bits per heavy atom. The molecule has 0 aliphatic carbocycles. The van der Waals surface area contributed by atoms with Crippen LogP contribution in [0.1, 0.15) is 13.3 Å². The molecule has 0 spiro atoms. The summed E-state index contributed by atoms with van der Waals surface area (Å²) in [6.07, 6.45) is 0.278. The largest absolute Gasteiger partial charge is 0.327 e. The van der Waals surface area contributed by atoms with Gasteiger partial charge in [0.05, 0.1) is 10.0 Å². The molecule has 90 valence electrons. The molecule has 3 N–H and O–H groups in total. The SMILES string of the molecule is CC(N)CC(=O)Nc1ccc(Cl)c(Cl)c1.Cl. The Morgan fingerprint density at radius 3 is 2.56 bits per heavy atom. The number of amides is 1. The summed E-state index contributed by atoms with van der Waals surface area (Å²) >= 11 is 11.5. The molecule has 1 amide bonds. The van der Waals surface area contributed by atoms with E-state index in [0.717, 1.165) is 0 Å². The average molecular weight is 284 g/mol. The summed E-state index contributed by atoms with van der Waals surface area (Å²) in [4.78, 5) is 11.4. The fourth-order valence-corrected chi connectivity index (χ4v) is 1.38. The first-order valence-electron chi connectivity index (χ1n) is 4.49. The Morgan fingerprint density at radius 1 is 1.44 bits per heavy atom. The number of benzene rings is 1. The number of hydrogen-bond acceptors (Lipinski definition) is 2. The van der Waals surface area contributed by atoms with Crippen molar-refractivity contribution in [3.8, 4) is 0 Å². The van der Waals surface area contributed by atoms with E-state index in [0.29, 0.717) is 15.7 Å². The van der Waals surface area contributed by atoms with Crippen molar-refractivity contribution in [2.24, 2.45) is 5.73 Å².